The molecule has 3 aromatic rings. The van der Waals surface area contributed by atoms with Crippen molar-refractivity contribution in [3.8, 4) is 28.1 Å². The highest BCUT2D eigenvalue weighted by Gasteiger charge is 2.16. The van der Waals surface area contributed by atoms with Crippen LogP contribution in [0.4, 0.5) is 0 Å². The Kier molecular flexibility index (Phi) is 4.29. The summed E-state index contributed by atoms with van der Waals surface area (Å²) < 4.78 is 5.19. The monoisotopic (exact) mass is 318 g/mol. The maximum Gasteiger partial charge on any atom is 0.251 e. The summed E-state index contributed by atoms with van der Waals surface area (Å²) in [6.45, 7) is 1.81. The van der Waals surface area contributed by atoms with Crippen molar-refractivity contribution in [3.63, 3.8) is 0 Å². The number of pyridine rings is 1. The highest BCUT2D eigenvalue weighted by Crippen LogP contribution is 2.30. The van der Waals surface area contributed by atoms with Gasteiger partial charge >= 0.3 is 0 Å². The van der Waals surface area contributed by atoms with Gasteiger partial charge in [-0.1, -0.05) is 30.3 Å². The summed E-state index contributed by atoms with van der Waals surface area (Å²) in [6, 6.07) is 19.3. The summed E-state index contributed by atoms with van der Waals surface area (Å²) in [4.78, 5) is 16.5. The maximum atomic E-state index is 11.9. The molecule has 4 heteroatoms. The molecule has 2 aromatic carbocycles. The van der Waals surface area contributed by atoms with E-state index in [1.807, 2.05) is 60.7 Å². The summed E-state index contributed by atoms with van der Waals surface area (Å²) >= 11 is 0. The van der Waals surface area contributed by atoms with Gasteiger partial charge in [0.25, 0.3) is 5.91 Å². The molecule has 0 aliphatic carbocycles. The van der Waals surface area contributed by atoms with Crippen molar-refractivity contribution in [3.05, 3.63) is 71.9 Å². The first-order valence-corrected chi connectivity index (χ1v) is 7.61. The number of aryl methyl sites for hydroxylation is 1. The van der Waals surface area contributed by atoms with Gasteiger partial charge in [-0.2, -0.15) is 0 Å². The van der Waals surface area contributed by atoms with Crippen LogP contribution in [0.15, 0.2) is 60.7 Å². The Bertz CT molecular complexity index is 872. The zero-order valence-electron chi connectivity index (χ0n) is 13.6. The molecule has 3 rings (SSSR count). The van der Waals surface area contributed by atoms with E-state index in [-0.39, 0.29) is 0 Å². The molecule has 0 bridgehead atoms. The highest BCUT2D eigenvalue weighted by molar-refractivity contribution is 6.01. The fraction of sp³-hybridized carbons (Fsp3) is 0.100. The summed E-state index contributed by atoms with van der Waals surface area (Å²) in [5, 5.41) is 0. The Labute approximate surface area is 140 Å². The first-order valence-electron chi connectivity index (χ1n) is 7.61. The van der Waals surface area contributed by atoms with Crippen molar-refractivity contribution in [2.75, 3.05) is 7.11 Å². The zero-order chi connectivity index (χ0) is 17.1. The molecule has 0 atom stereocenters. The van der Waals surface area contributed by atoms with Crippen LogP contribution in [0.3, 0.4) is 0 Å². The number of aromatic nitrogens is 1. The fourth-order valence-electron chi connectivity index (χ4n) is 2.74. The molecule has 2 N–H and O–H groups in total. The third kappa shape index (κ3) is 2.99. The Balaban J connectivity index is 2.19. The van der Waals surface area contributed by atoms with E-state index in [4.69, 9.17) is 10.5 Å². The molecule has 0 saturated carbocycles. The maximum absolute atomic E-state index is 11.9. The second-order valence-electron chi connectivity index (χ2n) is 5.47. The Morgan fingerprint density at radius 2 is 1.67 bits per heavy atom. The normalized spacial score (nSPS) is 10.4. The first kappa shape index (κ1) is 15.7. The number of amides is 1. The molecule has 0 spiro atoms. The quantitative estimate of drug-likeness (QED) is 0.795. The lowest BCUT2D eigenvalue weighted by molar-refractivity contribution is 0.1000. The second-order valence-corrected chi connectivity index (χ2v) is 5.47. The van der Waals surface area contributed by atoms with Gasteiger partial charge in [0.1, 0.15) is 5.75 Å². The van der Waals surface area contributed by atoms with Crippen LogP contribution in [-0.2, 0) is 0 Å². The third-order valence-corrected chi connectivity index (χ3v) is 3.92. The van der Waals surface area contributed by atoms with Crippen LogP contribution >= 0.6 is 0 Å². The second kappa shape index (κ2) is 6.54. The van der Waals surface area contributed by atoms with Gasteiger partial charge in [-0.3, -0.25) is 9.78 Å². The number of carbonyl (C=O) groups excluding carboxylic acids is 1. The number of hydrogen-bond donors (Lipinski definition) is 1. The molecule has 120 valence electrons. The van der Waals surface area contributed by atoms with Crippen LogP contribution < -0.4 is 10.5 Å². The minimum absolute atomic E-state index is 0.457. The predicted molar refractivity (Wildman–Crippen MR) is 94.9 cm³/mol. The van der Waals surface area contributed by atoms with E-state index < -0.39 is 5.91 Å². The summed E-state index contributed by atoms with van der Waals surface area (Å²) in [5.41, 5.74) is 10.1. The molecule has 0 saturated heterocycles. The minimum Gasteiger partial charge on any atom is -0.497 e. The Morgan fingerprint density at radius 3 is 2.25 bits per heavy atom. The number of primary amides is 1. The van der Waals surface area contributed by atoms with Crippen LogP contribution in [0, 0.1) is 6.92 Å². The Morgan fingerprint density at radius 1 is 1.00 bits per heavy atom. The number of methoxy groups -OCH3 is 1. The van der Waals surface area contributed by atoms with E-state index in [1.54, 1.807) is 14.0 Å². The Hall–Kier alpha value is -3.14. The van der Waals surface area contributed by atoms with Crippen molar-refractivity contribution in [2.24, 2.45) is 5.73 Å². The molecule has 0 radical (unpaired) electrons. The topological polar surface area (TPSA) is 65.2 Å². The molecule has 24 heavy (non-hydrogen) atoms. The summed E-state index contributed by atoms with van der Waals surface area (Å²) in [6.07, 6.45) is 0. The van der Waals surface area contributed by atoms with Crippen LogP contribution in [0.2, 0.25) is 0 Å². The van der Waals surface area contributed by atoms with E-state index in [0.29, 0.717) is 11.3 Å². The number of benzene rings is 2. The predicted octanol–water partition coefficient (Wildman–Crippen LogP) is 3.83. The van der Waals surface area contributed by atoms with Gasteiger partial charge in [-0.25, -0.2) is 0 Å². The minimum atomic E-state index is -0.472. The highest BCUT2D eigenvalue weighted by atomic mass is 16.5. The first-order chi connectivity index (χ1) is 11.6. The number of nitrogens with zero attached hydrogens (tertiary/aromatic N) is 1. The van der Waals surface area contributed by atoms with Crippen molar-refractivity contribution < 1.29 is 9.53 Å². The van der Waals surface area contributed by atoms with Gasteiger partial charge in [-0.15, -0.1) is 0 Å². The van der Waals surface area contributed by atoms with E-state index >= 15 is 0 Å². The lowest BCUT2D eigenvalue weighted by atomic mass is 9.96. The van der Waals surface area contributed by atoms with E-state index in [9.17, 15) is 4.79 Å². The lowest BCUT2D eigenvalue weighted by Crippen LogP contribution is -2.15. The zero-order valence-corrected chi connectivity index (χ0v) is 13.6. The van der Waals surface area contributed by atoms with Crippen LogP contribution in [0.1, 0.15) is 16.1 Å². The van der Waals surface area contributed by atoms with E-state index in [1.165, 1.54) is 0 Å². The lowest BCUT2D eigenvalue weighted by Gasteiger charge is -2.13. The number of nitrogens with two attached hydrogens (primary N) is 1. The molecule has 4 nitrogen and oxygen atoms in total. The van der Waals surface area contributed by atoms with Crippen molar-refractivity contribution in [2.45, 2.75) is 6.92 Å². The average Bonchev–Trinajstić information content (AvgIpc) is 2.61. The number of hydrogen-bond acceptors (Lipinski definition) is 3. The van der Waals surface area contributed by atoms with E-state index in [2.05, 4.69) is 4.98 Å². The van der Waals surface area contributed by atoms with Gasteiger partial charge in [0.2, 0.25) is 0 Å². The number of ether oxygens (including phenoxy) is 1. The molecule has 0 aliphatic heterocycles. The van der Waals surface area contributed by atoms with Gasteiger partial charge in [0.05, 0.1) is 24.1 Å². The van der Waals surface area contributed by atoms with Gasteiger partial charge in [0, 0.05) is 5.56 Å². The number of rotatable bonds is 4. The smallest absolute Gasteiger partial charge is 0.251 e. The molecule has 0 aliphatic rings. The van der Waals surface area contributed by atoms with Gasteiger partial charge in [0.15, 0.2) is 0 Å². The van der Waals surface area contributed by atoms with Crippen LogP contribution in [-0.4, -0.2) is 18.0 Å². The summed E-state index contributed by atoms with van der Waals surface area (Å²) in [5.74, 6) is 0.313. The van der Waals surface area contributed by atoms with Crippen molar-refractivity contribution in [1.82, 2.24) is 4.98 Å². The summed E-state index contributed by atoms with van der Waals surface area (Å²) in [7, 11) is 1.63. The largest absolute Gasteiger partial charge is 0.497 e. The number of carbonyl (C=O) groups is 1. The molecule has 1 amide bonds. The molecule has 1 heterocycles. The average molecular weight is 318 g/mol. The standard InChI is InChI=1S/C20H18N2O2/c1-13-19(20(21)23)17(14-6-4-3-5-7-14)12-18(22-13)15-8-10-16(24-2)11-9-15/h3-12H,1-2H3,(H2,21,23). The SMILES string of the molecule is COc1ccc(-c2cc(-c3ccccc3)c(C(N)=O)c(C)n2)cc1. The molecular weight excluding hydrogens is 300 g/mol. The van der Waals surface area contributed by atoms with Crippen molar-refractivity contribution in [1.29, 1.82) is 0 Å². The van der Waals surface area contributed by atoms with Crippen LogP contribution in [0.5, 0.6) is 5.75 Å². The van der Waals surface area contributed by atoms with Crippen molar-refractivity contribution >= 4 is 5.91 Å². The fourth-order valence-corrected chi connectivity index (χ4v) is 2.74. The van der Waals surface area contributed by atoms with Crippen LogP contribution in [0.25, 0.3) is 22.4 Å². The third-order valence-electron chi connectivity index (χ3n) is 3.92. The molecular formula is C20H18N2O2. The van der Waals surface area contributed by atoms with Gasteiger partial charge < -0.3 is 10.5 Å². The van der Waals surface area contributed by atoms with E-state index in [0.717, 1.165) is 28.1 Å². The molecule has 1 aromatic heterocycles. The molecule has 0 fully saturated rings. The molecule has 0 unspecified atom stereocenters. The van der Waals surface area contributed by atoms with Gasteiger partial charge in [-0.05, 0) is 48.4 Å².